The van der Waals surface area contributed by atoms with Crippen molar-refractivity contribution in [3.63, 3.8) is 0 Å². The Morgan fingerprint density at radius 2 is 2.24 bits per heavy atom. The van der Waals surface area contributed by atoms with Crippen LogP contribution in [-0.2, 0) is 14.3 Å². The fourth-order valence-electron chi connectivity index (χ4n) is 1.20. The number of hydrogen-bond donors (Lipinski definition) is 0. The SMILES string of the molecule is [CH]=Cc1cc(OC)[c]cc1S(=O)(=O)OCCC. The minimum absolute atomic E-state index is 0.00532. The van der Waals surface area contributed by atoms with Gasteiger partial charge < -0.3 is 4.74 Å². The van der Waals surface area contributed by atoms with Crippen molar-refractivity contribution in [1.82, 2.24) is 0 Å². The summed E-state index contributed by atoms with van der Waals surface area (Å²) >= 11 is 0. The molecule has 0 aliphatic rings. The number of ether oxygens (including phenoxy) is 1. The minimum Gasteiger partial charge on any atom is -0.496 e. The lowest BCUT2D eigenvalue weighted by Crippen LogP contribution is -2.08. The van der Waals surface area contributed by atoms with Crippen molar-refractivity contribution in [3.8, 4) is 5.75 Å². The van der Waals surface area contributed by atoms with Gasteiger partial charge in [-0.3, -0.25) is 4.18 Å². The van der Waals surface area contributed by atoms with E-state index >= 15 is 0 Å². The molecule has 1 aromatic rings. The maximum atomic E-state index is 11.8. The first-order valence-electron chi connectivity index (χ1n) is 5.09. The molecule has 1 rings (SSSR count). The van der Waals surface area contributed by atoms with Gasteiger partial charge in [-0.15, -0.1) is 0 Å². The number of methoxy groups -OCH3 is 1. The van der Waals surface area contributed by atoms with Crippen molar-refractivity contribution in [2.75, 3.05) is 13.7 Å². The summed E-state index contributed by atoms with van der Waals surface area (Å²) in [6, 6.07) is 5.47. The molecule has 0 bridgehead atoms. The third kappa shape index (κ3) is 3.31. The molecule has 0 N–H and O–H groups in total. The smallest absolute Gasteiger partial charge is 0.297 e. The second-order valence-corrected chi connectivity index (χ2v) is 4.85. The number of rotatable bonds is 6. The lowest BCUT2D eigenvalue weighted by molar-refractivity contribution is 0.318. The van der Waals surface area contributed by atoms with E-state index < -0.39 is 10.1 Å². The van der Waals surface area contributed by atoms with Crippen molar-refractivity contribution in [2.45, 2.75) is 18.2 Å². The third-order valence-electron chi connectivity index (χ3n) is 2.03. The predicted molar refractivity (Wildman–Crippen MR) is 64.0 cm³/mol. The highest BCUT2D eigenvalue weighted by molar-refractivity contribution is 7.86. The summed E-state index contributed by atoms with van der Waals surface area (Å²) in [4.78, 5) is -0.00532. The topological polar surface area (TPSA) is 52.6 Å². The predicted octanol–water partition coefficient (Wildman–Crippen LogP) is 2.06. The zero-order valence-electron chi connectivity index (χ0n) is 9.76. The quantitative estimate of drug-likeness (QED) is 0.729. The Morgan fingerprint density at radius 3 is 2.76 bits per heavy atom. The lowest BCUT2D eigenvalue weighted by Gasteiger charge is -2.08. The molecule has 0 saturated carbocycles. The molecule has 17 heavy (non-hydrogen) atoms. The van der Waals surface area contributed by atoms with Crippen LogP contribution in [0, 0.1) is 12.6 Å². The highest BCUT2D eigenvalue weighted by Gasteiger charge is 2.18. The van der Waals surface area contributed by atoms with Crippen molar-refractivity contribution < 1.29 is 17.3 Å². The van der Waals surface area contributed by atoms with E-state index in [1.165, 1.54) is 25.3 Å². The van der Waals surface area contributed by atoms with Gasteiger partial charge in [0.1, 0.15) is 10.6 Å². The van der Waals surface area contributed by atoms with Gasteiger partial charge in [0.15, 0.2) is 0 Å². The zero-order chi connectivity index (χ0) is 12.9. The van der Waals surface area contributed by atoms with Crippen molar-refractivity contribution >= 4 is 16.2 Å². The molecular formula is C12H14O4S. The molecule has 5 heteroatoms. The van der Waals surface area contributed by atoms with Gasteiger partial charge in [-0.05, 0) is 24.1 Å². The van der Waals surface area contributed by atoms with Gasteiger partial charge in [0.25, 0.3) is 10.1 Å². The molecule has 0 spiro atoms. The van der Waals surface area contributed by atoms with Gasteiger partial charge in [0, 0.05) is 6.07 Å². The third-order valence-corrected chi connectivity index (χ3v) is 3.40. The van der Waals surface area contributed by atoms with Crippen LogP contribution in [0.5, 0.6) is 5.75 Å². The summed E-state index contributed by atoms with van der Waals surface area (Å²) in [6.45, 7) is 7.35. The Kier molecular flexibility index (Phi) is 4.72. The molecule has 1 aromatic carbocycles. The fourth-order valence-corrected chi connectivity index (χ4v) is 2.33. The average molecular weight is 254 g/mol. The van der Waals surface area contributed by atoms with Gasteiger partial charge in [-0.2, -0.15) is 8.42 Å². The summed E-state index contributed by atoms with van der Waals surface area (Å²) < 4.78 is 33.4. The maximum Gasteiger partial charge on any atom is 0.297 e. The molecule has 0 aliphatic heterocycles. The first-order valence-corrected chi connectivity index (χ1v) is 6.50. The molecule has 0 heterocycles. The van der Waals surface area contributed by atoms with Gasteiger partial charge in [-0.1, -0.05) is 19.6 Å². The van der Waals surface area contributed by atoms with Crippen molar-refractivity contribution in [3.05, 3.63) is 30.3 Å². The maximum absolute atomic E-state index is 11.8. The Labute approximate surface area is 102 Å². The molecule has 0 unspecified atom stereocenters. The standard InChI is InChI=1S/C12H14O4S/c1-4-8-16-17(13,14)12-7-6-11(15-3)9-10(12)5-2/h2,5,7,9H,4,8H2,1,3H3. The van der Waals surface area contributed by atoms with E-state index in [1.807, 2.05) is 6.92 Å². The van der Waals surface area contributed by atoms with E-state index in [2.05, 4.69) is 6.07 Å². The Bertz CT molecular complexity index is 491. The van der Waals surface area contributed by atoms with Gasteiger partial charge >= 0.3 is 0 Å². The van der Waals surface area contributed by atoms with Crippen LogP contribution in [0.25, 0.3) is 6.08 Å². The second-order valence-electron chi connectivity index (χ2n) is 3.26. The van der Waals surface area contributed by atoms with Crippen LogP contribution in [0.2, 0.25) is 0 Å². The molecule has 4 nitrogen and oxygen atoms in total. The monoisotopic (exact) mass is 254 g/mol. The van der Waals surface area contributed by atoms with E-state index in [4.69, 9.17) is 15.5 Å². The Hall–Kier alpha value is -1.33. The summed E-state index contributed by atoms with van der Waals surface area (Å²) in [5.74, 6) is 0.413. The number of hydrogen-bond acceptors (Lipinski definition) is 4. The van der Waals surface area contributed by atoms with Gasteiger partial charge in [-0.25, -0.2) is 0 Å². The highest BCUT2D eigenvalue weighted by Crippen LogP contribution is 2.23. The molecule has 0 saturated heterocycles. The molecule has 0 aromatic heterocycles. The van der Waals surface area contributed by atoms with Gasteiger partial charge in [0.2, 0.25) is 0 Å². The van der Waals surface area contributed by atoms with Gasteiger partial charge in [0.05, 0.1) is 13.7 Å². The minimum atomic E-state index is -3.79. The first kappa shape index (κ1) is 13.7. The van der Waals surface area contributed by atoms with Crippen molar-refractivity contribution in [2.24, 2.45) is 0 Å². The van der Waals surface area contributed by atoms with Crippen LogP contribution in [0.15, 0.2) is 17.0 Å². The second kappa shape index (κ2) is 5.84. The summed E-state index contributed by atoms with van der Waals surface area (Å²) in [7, 11) is -2.32. The average Bonchev–Trinajstić information content (AvgIpc) is 2.35. The molecule has 0 aliphatic carbocycles. The van der Waals surface area contributed by atoms with Crippen LogP contribution in [0.3, 0.4) is 0 Å². The van der Waals surface area contributed by atoms with Crippen LogP contribution in [-0.4, -0.2) is 22.1 Å². The Balaban J connectivity index is 3.17. The van der Waals surface area contributed by atoms with Crippen LogP contribution in [0.1, 0.15) is 18.9 Å². The van der Waals surface area contributed by atoms with Crippen molar-refractivity contribution in [1.29, 1.82) is 0 Å². The van der Waals surface area contributed by atoms with E-state index in [0.717, 1.165) is 0 Å². The van der Waals surface area contributed by atoms with Crippen LogP contribution >= 0.6 is 0 Å². The number of benzene rings is 1. The Morgan fingerprint density at radius 1 is 1.53 bits per heavy atom. The largest absolute Gasteiger partial charge is 0.496 e. The molecule has 92 valence electrons. The normalized spacial score (nSPS) is 11.2. The zero-order valence-corrected chi connectivity index (χ0v) is 10.6. The van der Waals surface area contributed by atoms with E-state index in [0.29, 0.717) is 17.7 Å². The van der Waals surface area contributed by atoms with E-state index in [-0.39, 0.29) is 11.5 Å². The van der Waals surface area contributed by atoms with Crippen LogP contribution in [0.4, 0.5) is 0 Å². The molecular weight excluding hydrogens is 240 g/mol. The fraction of sp³-hybridized carbons (Fsp3) is 0.333. The summed E-state index contributed by atoms with van der Waals surface area (Å²) in [5, 5.41) is 0. The lowest BCUT2D eigenvalue weighted by atomic mass is 10.2. The first-order chi connectivity index (χ1) is 8.05. The molecule has 0 fully saturated rings. The molecule has 0 amide bonds. The highest BCUT2D eigenvalue weighted by atomic mass is 32.2. The van der Waals surface area contributed by atoms with E-state index in [9.17, 15) is 8.42 Å². The summed E-state index contributed by atoms with van der Waals surface area (Å²) in [6.07, 6.45) is 1.80. The van der Waals surface area contributed by atoms with E-state index in [1.54, 1.807) is 0 Å². The molecule has 2 radical (unpaired) electrons. The van der Waals surface area contributed by atoms with Crippen LogP contribution < -0.4 is 4.74 Å². The molecule has 0 atom stereocenters. The summed E-state index contributed by atoms with van der Waals surface area (Å²) in [5.41, 5.74) is 0.330.